The Hall–Kier alpha value is -0.590. The van der Waals surface area contributed by atoms with Crippen LogP contribution in [-0.2, 0) is 17.9 Å². The van der Waals surface area contributed by atoms with Crippen molar-refractivity contribution in [2.24, 2.45) is 0 Å². The number of alkyl halides is 3. The molecule has 2 nitrogen and oxygen atoms in total. The molecular formula is C12H18F3NOS. The second-order valence-electron chi connectivity index (χ2n) is 3.92. The summed E-state index contributed by atoms with van der Waals surface area (Å²) in [6.07, 6.45) is -4.83. The van der Waals surface area contributed by atoms with E-state index in [-0.39, 0.29) is 13.0 Å². The van der Waals surface area contributed by atoms with Crippen molar-refractivity contribution in [1.29, 1.82) is 0 Å². The molecule has 0 radical (unpaired) electrons. The quantitative estimate of drug-likeness (QED) is 0.733. The molecule has 1 heterocycles. The molecule has 0 fully saturated rings. The van der Waals surface area contributed by atoms with E-state index < -0.39 is 12.6 Å². The molecule has 0 aromatic carbocycles. The fraction of sp³-hybridized carbons (Fsp3) is 0.667. The average Bonchev–Trinajstić information content (AvgIpc) is 2.72. The highest BCUT2D eigenvalue weighted by Gasteiger charge is 2.25. The Bertz CT molecular complexity index is 338. The number of hydrogen-bond acceptors (Lipinski definition) is 3. The minimum absolute atomic E-state index is 0.0269. The van der Waals surface area contributed by atoms with Gasteiger partial charge >= 0.3 is 6.18 Å². The van der Waals surface area contributed by atoms with Crippen LogP contribution in [0.4, 0.5) is 13.2 Å². The zero-order valence-electron chi connectivity index (χ0n) is 10.3. The Balaban J connectivity index is 2.13. The minimum atomic E-state index is -4.08. The predicted molar refractivity (Wildman–Crippen MR) is 66.6 cm³/mol. The Morgan fingerprint density at radius 1 is 1.28 bits per heavy atom. The first-order chi connectivity index (χ1) is 8.51. The molecule has 0 bridgehead atoms. The third kappa shape index (κ3) is 6.98. The molecule has 0 saturated carbocycles. The summed E-state index contributed by atoms with van der Waals surface area (Å²) in [4.78, 5) is 2.26. The summed E-state index contributed by atoms with van der Waals surface area (Å²) in [7, 11) is 0. The van der Waals surface area contributed by atoms with E-state index in [0.29, 0.717) is 6.61 Å². The van der Waals surface area contributed by atoms with Gasteiger partial charge in [0.25, 0.3) is 0 Å². The Morgan fingerprint density at radius 2 is 2.00 bits per heavy atom. The van der Waals surface area contributed by atoms with E-state index in [1.807, 2.05) is 19.1 Å². The fourth-order valence-corrected chi connectivity index (χ4v) is 2.32. The molecule has 6 heteroatoms. The van der Waals surface area contributed by atoms with Crippen molar-refractivity contribution in [3.05, 3.63) is 21.9 Å². The molecule has 0 atom stereocenters. The molecular weight excluding hydrogens is 263 g/mol. The number of hydrogen-bond donors (Lipinski definition) is 1. The lowest BCUT2D eigenvalue weighted by Crippen LogP contribution is -2.10. The van der Waals surface area contributed by atoms with Gasteiger partial charge < -0.3 is 10.1 Å². The van der Waals surface area contributed by atoms with Gasteiger partial charge in [0.1, 0.15) is 0 Å². The van der Waals surface area contributed by atoms with Gasteiger partial charge in [-0.3, -0.25) is 0 Å². The average molecular weight is 281 g/mol. The van der Waals surface area contributed by atoms with E-state index in [0.717, 1.165) is 18.0 Å². The summed E-state index contributed by atoms with van der Waals surface area (Å²) in [6.45, 7) is 4.34. The topological polar surface area (TPSA) is 21.3 Å². The summed E-state index contributed by atoms with van der Waals surface area (Å²) in [5.41, 5.74) is 0. The molecule has 1 aromatic heterocycles. The molecule has 0 aliphatic rings. The standard InChI is InChI=1S/C12H18F3NOS/c1-2-16-8-10-4-5-11(18-10)9-17-7-3-6-12(13,14)15/h4-5,16H,2-3,6-9H2,1H3. The maximum absolute atomic E-state index is 11.9. The van der Waals surface area contributed by atoms with E-state index in [1.165, 1.54) is 4.88 Å². The molecule has 1 aromatic rings. The van der Waals surface area contributed by atoms with Gasteiger partial charge in [-0.05, 0) is 25.1 Å². The van der Waals surface area contributed by atoms with Crippen molar-refractivity contribution in [1.82, 2.24) is 5.32 Å². The maximum Gasteiger partial charge on any atom is 0.389 e. The second kappa shape index (κ2) is 7.76. The molecule has 0 aliphatic carbocycles. The molecule has 0 saturated heterocycles. The van der Waals surface area contributed by atoms with Gasteiger partial charge in [0.15, 0.2) is 0 Å². The largest absolute Gasteiger partial charge is 0.389 e. The molecule has 1 rings (SSSR count). The van der Waals surface area contributed by atoms with Crippen molar-refractivity contribution < 1.29 is 17.9 Å². The highest BCUT2D eigenvalue weighted by atomic mass is 32.1. The van der Waals surface area contributed by atoms with Gasteiger partial charge in [0, 0.05) is 29.3 Å². The molecule has 0 amide bonds. The Kier molecular flexibility index (Phi) is 6.67. The fourth-order valence-electron chi connectivity index (χ4n) is 1.39. The summed E-state index contributed by atoms with van der Waals surface area (Å²) in [5.74, 6) is 0. The van der Waals surface area contributed by atoms with Crippen LogP contribution < -0.4 is 5.32 Å². The number of halogens is 3. The van der Waals surface area contributed by atoms with Crippen LogP contribution in [0.1, 0.15) is 29.5 Å². The normalized spacial score (nSPS) is 12.0. The van der Waals surface area contributed by atoms with Gasteiger partial charge in [0.05, 0.1) is 6.61 Å². The lowest BCUT2D eigenvalue weighted by atomic mass is 10.3. The highest BCUT2D eigenvalue weighted by Crippen LogP contribution is 2.21. The number of thiophene rings is 1. The molecule has 104 valence electrons. The lowest BCUT2D eigenvalue weighted by molar-refractivity contribution is -0.138. The highest BCUT2D eigenvalue weighted by molar-refractivity contribution is 7.11. The predicted octanol–water partition coefficient (Wildman–Crippen LogP) is 3.72. The first-order valence-electron chi connectivity index (χ1n) is 5.94. The van der Waals surface area contributed by atoms with Crippen LogP contribution in [0.15, 0.2) is 12.1 Å². The molecule has 0 aliphatic heterocycles. The van der Waals surface area contributed by atoms with Gasteiger partial charge in [-0.2, -0.15) is 13.2 Å². The van der Waals surface area contributed by atoms with Crippen LogP contribution in [-0.4, -0.2) is 19.3 Å². The van der Waals surface area contributed by atoms with Gasteiger partial charge in [-0.1, -0.05) is 6.92 Å². The third-order valence-corrected chi connectivity index (χ3v) is 3.32. The van der Waals surface area contributed by atoms with Crippen LogP contribution in [0, 0.1) is 0 Å². The monoisotopic (exact) mass is 281 g/mol. The van der Waals surface area contributed by atoms with Gasteiger partial charge in [-0.15, -0.1) is 11.3 Å². The van der Waals surface area contributed by atoms with E-state index in [9.17, 15) is 13.2 Å². The smallest absolute Gasteiger partial charge is 0.376 e. The van der Waals surface area contributed by atoms with Crippen LogP contribution in [0.25, 0.3) is 0 Å². The van der Waals surface area contributed by atoms with Gasteiger partial charge in [0.2, 0.25) is 0 Å². The Labute approximate surface area is 109 Å². The second-order valence-corrected chi connectivity index (χ2v) is 5.17. The number of rotatable bonds is 8. The number of nitrogens with one attached hydrogen (secondary N) is 1. The molecule has 0 unspecified atom stereocenters. The maximum atomic E-state index is 11.9. The zero-order valence-corrected chi connectivity index (χ0v) is 11.2. The minimum Gasteiger partial charge on any atom is -0.376 e. The zero-order chi connectivity index (χ0) is 13.4. The first kappa shape index (κ1) is 15.5. The number of ether oxygens (including phenoxy) is 1. The summed E-state index contributed by atoms with van der Waals surface area (Å²) >= 11 is 1.63. The van der Waals surface area contributed by atoms with E-state index >= 15 is 0 Å². The van der Waals surface area contributed by atoms with Crippen molar-refractivity contribution in [3.8, 4) is 0 Å². The van der Waals surface area contributed by atoms with Crippen molar-refractivity contribution in [2.75, 3.05) is 13.2 Å². The van der Waals surface area contributed by atoms with Crippen molar-refractivity contribution in [3.63, 3.8) is 0 Å². The van der Waals surface area contributed by atoms with Crippen LogP contribution in [0.5, 0.6) is 0 Å². The summed E-state index contributed by atoms with van der Waals surface area (Å²) in [5, 5.41) is 3.22. The molecule has 18 heavy (non-hydrogen) atoms. The van der Waals surface area contributed by atoms with Gasteiger partial charge in [-0.25, -0.2) is 0 Å². The lowest BCUT2D eigenvalue weighted by Gasteiger charge is -2.06. The van der Waals surface area contributed by atoms with Crippen molar-refractivity contribution in [2.45, 2.75) is 39.1 Å². The molecule has 0 spiro atoms. The molecule has 1 N–H and O–H groups in total. The van der Waals surface area contributed by atoms with Crippen LogP contribution in [0.2, 0.25) is 0 Å². The Morgan fingerprint density at radius 3 is 2.67 bits per heavy atom. The third-order valence-electron chi connectivity index (χ3n) is 2.26. The van der Waals surface area contributed by atoms with E-state index in [4.69, 9.17) is 4.74 Å². The van der Waals surface area contributed by atoms with Crippen LogP contribution >= 0.6 is 11.3 Å². The van der Waals surface area contributed by atoms with E-state index in [2.05, 4.69) is 5.32 Å². The van der Waals surface area contributed by atoms with Crippen molar-refractivity contribution >= 4 is 11.3 Å². The van der Waals surface area contributed by atoms with Crippen LogP contribution in [0.3, 0.4) is 0 Å². The SMILES string of the molecule is CCNCc1ccc(COCCCC(F)(F)F)s1. The first-order valence-corrected chi connectivity index (χ1v) is 6.75. The summed E-state index contributed by atoms with van der Waals surface area (Å²) in [6, 6.07) is 3.98. The summed E-state index contributed by atoms with van der Waals surface area (Å²) < 4.78 is 40.8. The van der Waals surface area contributed by atoms with E-state index in [1.54, 1.807) is 11.3 Å².